The first-order valence-electron chi connectivity index (χ1n) is 7.10. The maximum atomic E-state index is 12.2. The monoisotopic (exact) mass is 270 g/mol. The maximum absolute atomic E-state index is 12.2. The molecule has 0 aliphatic heterocycles. The molecule has 0 spiro atoms. The molecule has 0 atom stereocenters. The number of hydrogen-bond acceptors (Lipinski definition) is 2. The average Bonchev–Trinajstić information content (AvgIpc) is 2.32. The molecule has 0 aromatic rings. The second kappa shape index (κ2) is 6.26. The van der Waals surface area contributed by atoms with E-state index < -0.39 is 11.5 Å². The summed E-state index contributed by atoms with van der Waals surface area (Å²) < 4.78 is 0. The molecule has 1 rings (SSSR count). The molecule has 0 saturated heterocycles. The molecule has 1 aliphatic carbocycles. The van der Waals surface area contributed by atoms with Crippen LogP contribution >= 0.6 is 0 Å². The van der Waals surface area contributed by atoms with Crippen LogP contribution in [0.3, 0.4) is 0 Å². The lowest BCUT2D eigenvalue weighted by molar-refractivity contribution is -0.147. The molecule has 5 heteroatoms. The number of rotatable bonds is 4. The number of nitrogens with one attached hydrogen (secondary N) is 1. The van der Waals surface area contributed by atoms with E-state index in [4.69, 9.17) is 0 Å². The molecular weight excluding hydrogens is 244 g/mol. The molecule has 1 saturated carbocycles. The molecule has 0 aromatic heterocycles. The Morgan fingerprint density at radius 2 is 1.79 bits per heavy atom. The van der Waals surface area contributed by atoms with Gasteiger partial charge in [0.1, 0.15) is 5.54 Å². The lowest BCUT2D eigenvalue weighted by Crippen LogP contribution is -2.57. The summed E-state index contributed by atoms with van der Waals surface area (Å²) in [4.78, 5) is 24.8. The van der Waals surface area contributed by atoms with Crippen molar-refractivity contribution in [3.8, 4) is 0 Å². The predicted molar refractivity (Wildman–Crippen MR) is 74.0 cm³/mol. The topological polar surface area (TPSA) is 69.6 Å². The molecule has 2 N–H and O–H groups in total. The average molecular weight is 270 g/mol. The van der Waals surface area contributed by atoms with Gasteiger partial charge in [-0.15, -0.1) is 0 Å². The Bertz CT molecular complexity index is 334. The largest absolute Gasteiger partial charge is 0.480 e. The second-order valence-corrected chi connectivity index (χ2v) is 6.01. The first-order chi connectivity index (χ1) is 8.78. The lowest BCUT2D eigenvalue weighted by atomic mass is 9.87. The molecule has 5 nitrogen and oxygen atoms in total. The molecule has 110 valence electrons. The Kier molecular flexibility index (Phi) is 5.20. The van der Waals surface area contributed by atoms with Crippen molar-refractivity contribution in [3.63, 3.8) is 0 Å². The van der Waals surface area contributed by atoms with Crippen molar-refractivity contribution >= 4 is 12.0 Å². The third-order valence-corrected chi connectivity index (χ3v) is 4.10. The van der Waals surface area contributed by atoms with Gasteiger partial charge in [0.25, 0.3) is 0 Å². The van der Waals surface area contributed by atoms with Gasteiger partial charge in [-0.25, -0.2) is 9.59 Å². The van der Waals surface area contributed by atoms with E-state index in [2.05, 4.69) is 12.2 Å². The van der Waals surface area contributed by atoms with Crippen LogP contribution in [-0.2, 0) is 4.79 Å². The summed E-state index contributed by atoms with van der Waals surface area (Å²) in [6.45, 7) is 7.52. The van der Waals surface area contributed by atoms with Crippen LogP contribution in [-0.4, -0.2) is 40.1 Å². The third-order valence-electron chi connectivity index (χ3n) is 4.10. The summed E-state index contributed by atoms with van der Waals surface area (Å²) in [5.41, 5.74) is -1.18. The summed E-state index contributed by atoms with van der Waals surface area (Å²) in [6, 6.07) is -0.0863. The minimum absolute atomic E-state index is 0.183. The van der Waals surface area contributed by atoms with Crippen LogP contribution < -0.4 is 5.32 Å². The highest BCUT2D eigenvalue weighted by Crippen LogP contribution is 2.24. The van der Waals surface area contributed by atoms with Crippen LogP contribution in [0.15, 0.2) is 0 Å². The van der Waals surface area contributed by atoms with Crippen molar-refractivity contribution in [3.05, 3.63) is 0 Å². The van der Waals surface area contributed by atoms with E-state index in [1.54, 1.807) is 20.8 Å². The normalized spacial score (nSPS) is 23.8. The predicted octanol–water partition coefficient (Wildman–Crippen LogP) is 2.46. The minimum atomic E-state index is -1.18. The van der Waals surface area contributed by atoms with E-state index >= 15 is 0 Å². The molecule has 1 fully saturated rings. The number of nitrogens with zero attached hydrogens (tertiary/aromatic N) is 1. The fraction of sp³-hybridized carbons (Fsp3) is 0.857. The van der Waals surface area contributed by atoms with Gasteiger partial charge in [0.2, 0.25) is 0 Å². The van der Waals surface area contributed by atoms with Crippen molar-refractivity contribution in [1.82, 2.24) is 10.2 Å². The van der Waals surface area contributed by atoms with Gasteiger partial charge >= 0.3 is 12.0 Å². The highest BCUT2D eigenvalue weighted by Gasteiger charge is 2.37. The highest BCUT2D eigenvalue weighted by atomic mass is 16.4. The van der Waals surface area contributed by atoms with Gasteiger partial charge in [-0.1, -0.05) is 6.92 Å². The van der Waals surface area contributed by atoms with Gasteiger partial charge in [0.05, 0.1) is 0 Å². The maximum Gasteiger partial charge on any atom is 0.329 e. The molecular formula is C14H26N2O3. The van der Waals surface area contributed by atoms with Crippen LogP contribution in [0.2, 0.25) is 0 Å². The zero-order valence-electron chi connectivity index (χ0n) is 12.4. The van der Waals surface area contributed by atoms with Crippen molar-refractivity contribution in [1.29, 1.82) is 0 Å². The highest BCUT2D eigenvalue weighted by molar-refractivity contribution is 5.85. The van der Waals surface area contributed by atoms with Crippen LogP contribution in [0.4, 0.5) is 4.79 Å². The fourth-order valence-electron chi connectivity index (χ4n) is 2.57. The van der Waals surface area contributed by atoms with Crippen molar-refractivity contribution in [2.24, 2.45) is 5.92 Å². The fourth-order valence-corrected chi connectivity index (χ4v) is 2.57. The van der Waals surface area contributed by atoms with Crippen molar-refractivity contribution in [2.75, 3.05) is 6.54 Å². The van der Waals surface area contributed by atoms with E-state index in [0.29, 0.717) is 6.54 Å². The molecule has 0 radical (unpaired) electrons. The Balaban J connectivity index is 2.62. The summed E-state index contributed by atoms with van der Waals surface area (Å²) in [6.07, 6.45) is 4.22. The van der Waals surface area contributed by atoms with Gasteiger partial charge < -0.3 is 15.3 Å². The number of carbonyl (C=O) groups excluding carboxylic acids is 1. The molecule has 0 aromatic carbocycles. The number of carboxylic acid groups (broad SMARTS) is 1. The number of likely N-dealkylation sites (N-methyl/N-ethyl adjacent to an activating group) is 1. The Morgan fingerprint density at radius 1 is 1.26 bits per heavy atom. The Hall–Kier alpha value is -1.26. The number of amides is 2. The van der Waals surface area contributed by atoms with Crippen LogP contribution in [0.1, 0.15) is 53.4 Å². The van der Waals surface area contributed by atoms with Gasteiger partial charge in [0, 0.05) is 12.6 Å². The number of carbonyl (C=O) groups is 2. The lowest BCUT2D eigenvalue weighted by Gasteiger charge is -2.36. The zero-order valence-corrected chi connectivity index (χ0v) is 12.4. The third kappa shape index (κ3) is 3.85. The van der Waals surface area contributed by atoms with Crippen LogP contribution in [0, 0.1) is 5.92 Å². The molecule has 19 heavy (non-hydrogen) atoms. The van der Waals surface area contributed by atoms with E-state index in [0.717, 1.165) is 31.6 Å². The molecule has 0 bridgehead atoms. The zero-order chi connectivity index (χ0) is 14.6. The van der Waals surface area contributed by atoms with E-state index in [1.165, 1.54) is 4.90 Å². The van der Waals surface area contributed by atoms with Gasteiger partial charge in [0.15, 0.2) is 0 Å². The van der Waals surface area contributed by atoms with Gasteiger partial charge in [-0.2, -0.15) is 0 Å². The molecule has 2 amide bonds. The van der Waals surface area contributed by atoms with Crippen molar-refractivity contribution < 1.29 is 14.7 Å². The smallest absolute Gasteiger partial charge is 0.329 e. The number of hydrogen-bond donors (Lipinski definition) is 2. The number of carboxylic acids is 1. The summed E-state index contributed by atoms with van der Waals surface area (Å²) in [7, 11) is 0. The standard InChI is InChI=1S/C14H26N2O3/c1-5-16(14(3,4)12(17)18)13(19)15-11-8-6-10(2)7-9-11/h10-11H,5-9H2,1-4H3,(H,15,19)(H,17,18). The Morgan fingerprint density at radius 3 is 2.21 bits per heavy atom. The minimum Gasteiger partial charge on any atom is -0.480 e. The Labute approximate surface area is 115 Å². The van der Waals surface area contributed by atoms with Gasteiger partial charge in [-0.05, 0) is 52.4 Å². The van der Waals surface area contributed by atoms with E-state index in [9.17, 15) is 14.7 Å². The van der Waals surface area contributed by atoms with Crippen molar-refractivity contribution in [2.45, 2.75) is 65.0 Å². The summed E-state index contributed by atoms with van der Waals surface area (Å²) >= 11 is 0. The number of aliphatic carboxylic acids is 1. The number of urea groups is 1. The van der Waals surface area contributed by atoms with Crippen LogP contribution in [0.25, 0.3) is 0 Å². The second-order valence-electron chi connectivity index (χ2n) is 6.01. The van der Waals surface area contributed by atoms with E-state index in [1.807, 2.05) is 0 Å². The van der Waals surface area contributed by atoms with E-state index in [-0.39, 0.29) is 12.1 Å². The molecule has 0 unspecified atom stereocenters. The quantitative estimate of drug-likeness (QED) is 0.824. The summed E-state index contributed by atoms with van der Waals surface area (Å²) in [5.74, 6) is -0.257. The molecule has 1 aliphatic rings. The van der Waals surface area contributed by atoms with Gasteiger partial charge in [-0.3, -0.25) is 0 Å². The van der Waals surface area contributed by atoms with Crippen LogP contribution in [0.5, 0.6) is 0 Å². The first-order valence-corrected chi connectivity index (χ1v) is 7.10. The SMILES string of the molecule is CCN(C(=O)NC1CCC(C)CC1)C(C)(C)C(=O)O. The molecule has 0 heterocycles. The summed E-state index contributed by atoms with van der Waals surface area (Å²) in [5, 5.41) is 12.2. The first kappa shape index (κ1) is 15.8.